The van der Waals surface area contributed by atoms with Gasteiger partial charge >= 0.3 is 0 Å². The summed E-state index contributed by atoms with van der Waals surface area (Å²) < 4.78 is 6.18. The number of ether oxygens (including phenoxy) is 1. The first-order chi connectivity index (χ1) is 25.9. The fourth-order valence-electron chi connectivity index (χ4n) is 7.46. The number of phenols is 1. The van der Waals surface area contributed by atoms with Gasteiger partial charge in [0.05, 0.1) is 35.9 Å². The maximum atomic E-state index is 14.2. The van der Waals surface area contributed by atoms with Crippen molar-refractivity contribution in [1.29, 1.82) is 0 Å². The van der Waals surface area contributed by atoms with Gasteiger partial charge in [0, 0.05) is 23.5 Å². The number of aromatic nitrogens is 1. The van der Waals surface area contributed by atoms with Crippen LogP contribution in [0, 0.1) is 17.8 Å². The molecular weight excluding hydrogens is 666 g/mol. The minimum Gasteiger partial charge on any atom is -0.508 e. The zero-order chi connectivity index (χ0) is 36.7. The number of benzene rings is 4. The van der Waals surface area contributed by atoms with Crippen LogP contribution in [-0.4, -0.2) is 51.4 Å². The molecule has 5 aromatic rings. The summed E-state index contributed by atoms with van der Waals surface area (Å²) in [5.41, 5.74) is 5.89. The SMILES string of the molecule is O=C1[C@@H]2[C@@H](CC(COc3ccccc3)=C([C@H](O)CC/C(=C/c3ccc(O)cc3)c3ccccn3)[C@@H]2CO)C(=O)N1c1ccc(Nc2ccccc2)cc1. The first-order valence-corrected chi connectivity index (χ1v) is 17.8. The number of anilines is 3. The number of para-hydroxylation sites is 2. The molecule has 0 unspecified atom stereocenters. The van der Waals surface area contributed by atoms with Crippen LogP contribution in [0.15, 0.2) is 145 Å². The van der Waals surface area contributed by atoms with Crippen LogP contribution in [0.5, 0.6) is 11.5 Å². The van der Waals surface area contributed by atoms with Gasteiger partial charge in [0.2, 0.25) is 11.8 Å². The molecule has 2 heterocycles. The number of rotatable bonds is 13. The third-order valence-corrected chi connectivity index (χ3v) is 10.00. The lowest BCUT2D eigenvalue weighted by molar-refractivity contribution is -0.123. The predicted octanol–water partition coefficient (Wildman–Crippen LogP) is 7.41. The van der Waals surface area contributed by atoms with Crippen LogP contribution in [-0.2, 0) is 9.59 Å². The van der Waals surface area contributed by atoms with Crippen LogP contribution in [0.3, 0.4) is 0 Å². The smallest absolute Gasteiger partial charge is 0.238 e. The van der Waals surface area contributed by atoms with Crippen LogP contribution in [0.4, 0.5) is 17.1 Å². The number of carbonyl (C=O) groups excluding carboxylic acids is 2. The molecule has 7 rings (SSSR count). The van der Waals surface area contributed by atoms with Gasteiger partial charge in [0.25, 0.3) is 0 Å². The van der Waals surface area contributed by atoms with Crippen molar-refractivity contribution in [3.63, 3.8) is 0 Å². The summed E-state index contributed by atoms with van der Waals surface area (Å²) in [7, 11) is 0. The number of hydrogen-bond acceptors (Lipinski definition) is 8. The molecule has 9 heteroatoms. The predicted molar refractivity (Wildman–Crippen MR) is 205 cm³/mol. The van der Waals surface area contributed by atoms with Crippen molar-refractivity contribution in [1.82, 2.24) is 4.98 Å². The molecule has 2 amide bonds. The van der Waals surface area contributed by atoms with E-state index in [1.54, 1.807) is 42.6 Å². The fourth-order valence-corrected chi connectivity index (χ4v) is 7.46. The van der Waals surface area contributed by atoms with E-state index in [4.69, 9.17) is 4.74 Å². The maximum absolute atomic E-state index is 14.2. The van der Waals surface area contributed by atoms with Crippen molar-refractivity contribution in [2.24, 2.45) is 17.8 Å². The number of amides is 2. The highest BCUT2D eigenvalue weighted by molar-refractivity contribution is 6.22. The molecule has 0 saturated carbocycles. The Bertz CT molecular complexity index is 2080. The molecule has 1 aliphatic carbocycles. The lowest BCUT2D eigenvalue weighted by Crippen LogP contribution is -2.40. The minimum atomic E-state index is -1.05. The molecule has 1 saturated heterocycles. The number of phenolic OH excluding ortho intramolecular Hbond substituents is 1. The molecule has 0 spiro atoms. The van der Waals surface area contributed by atoms with E-state index in [1.807, 2.05) is 97.1 Å². The quantitative estimate of drug-likeness (QED) is 0.0735. The zero-order valence-electron chi connectivity index (χ0n) is 29.1. The van der Waals surface area contributed by atoms with Crippen LogP contribution >= 0.6 is 0 Å². The lowest BCUT2D eigenvalue weighted by Gasteiger charge is -2.36. The molecule has 0 bridgehead atoms. The molecule has 4 aromatic carbocycles. The number of aromatic hydroxyl groups is 1. The Morgan fingerprint density at radius 1 is 0.849 bits per heavy atom. The number of imide groups is 1. The van der Waals surface area contributed by atoms with Gasteiger partial charge in [0.1, 0.15) is 18.1 Å². The van der Waals surface area contributed by atoms with Crippen molar-refractivity contribution in [3.05, 3.63) is 156 Å². The van der Waals surface area contributed by atoms with Crippen LogP contribution in [0.25, 0.3) is 11.6 Å². The number of fused-ring (bicyclic) bond motifs is 1. The molecule has 2 aliphatic rings. The molecule has 1 aliphatic heterocycles. The Hall–Kier alpha value is -6.03. The zero-order valence-corrected chi connectivity index (χ0v) is 29.1. The molecule has 1 fully saturated rings. The molecule has 4 N–H and O–H groups in total. The highest BCUT2D eigenvalue weighted by Crippen LogP contribution is 2.47. The minimum absolute atomic E-state index is 0.0912. The van der Waals surface area contributed by atoms with Gasteiger partial charge in [-0.25, -0.2) is 0 Å². The average molecular weight is 708 g/mol. The summed E-state index contributed by atoms with van der Waals surface area (Å²) in [5.74, 6) is -2.29. The summed E-state index contributed by atoms with van der Waals surface area (Å²) in [6, 6.07) is 38.6. The number of carbonyl (C=O) groups is 2. The highest BCUT2D eigenvalue weighted by atomic mass is 16.5. The largest absolute Gasteiger partial charge is 0.508 e. The lowest BCUT2D eigenvalue weighted by atomic mass is 9.68. The van der Waals surface area contributed by atoms with Gasteiger partial charge in [-0.05, 0) is 120 Å². The summed E-state index contributed by atoms with van der Waals surface area (Å²) in [4.78, 5) is 34.1. The second kappa shape index (κ2) is 16.1. The summed E-state index contributed by atoms with van der Waals surface area (Å²) >= 11 is 0. The molecule has 268 valence electrons. The topological polar surface area (TPSA) is 132 Å². The van der Waals surface area contributed by atoms with E-state index in [9.17, 15) is 24.9 Å². The standard InChI is InChI=1S/C44H41N3O6/c48-27-38-41(40(50)23-16-30(39-13-7-8-24-45-39)25-29-14-21-35(49)22-15-29)31(28-53-36-11-5-2-6-12-36)26-37-42(38)44(52)47(43(37)51)34-19-17-33(18-20-34)46-32-9-3-1-4-10-32/h1-15,17-22,24-25,37-38,40,42,46,48-50H,16,23,26-28H2/b30-25-/t37-,38+,40-,42-/m1/s1. The third-order valence-electron chi connectivity index (χ3n) is 10.00. The molecule has 0 radical (unpaired) electrons. The molecule has 9 nitrogen and oxygen atoms in total. The van der Waals surface area contributed by atoms with E-state index in [-0.39, 0.29) is 31.1 Å². The Balaban J connectivity index is 1.17. The molecular formula is C44H41N3O6. The maximum Gasteiger partial charge on any atom is 0.238 e. The monoisotopic (exact) mass is 707 g/mol. The van der Waals surface area contributed by atoms with E-state index in [0.717, 1.165) is 28.2 Å². The van der Waals surface area contributed by atoms with Gasteiger partial charge in [-0.2, -0.15) is 0 Å². The third kappa shape index (κ3) is 7.91. The van der Waals surface area contributed by atoms with Crippen molar-refractivity contribution in [2.75, 3.05) is 23.4 Å². The van der Waals surface area contributed by atoms with Gasteiger partial charge in [0.15, 0.2) is 0 Å². The molecule has 1 aromatic heterocycles. The second-order valence-electron chi connectivity index (χ2n) is 13.4. The van der Waals surface area contributed by atoms with Gasteiger partial charge in [-0.3, -0.25) is 19.5 Å². The Labute approximate surface area is 308 Å². The molecule has 4 atom stereocenters. The number of pyridine rings is 1. The summed E-state index contributed by atoms with van der Waals surface area (Å²) in [6.07, 6.45) is 3.54. The number of aliphatic hydroxyl groups excluding tert-OH is 2. The normalized spacial score (nSPS) is 19.2. The number of nitrogens with zero attached hydrogens (tertiary/aromatic N) is 2. The number of nitrogens with one attached hydrogen (secondary N) is 1. The second-order valence-corrected chi connectivity index (χ2v) is 13.4. The van der Waals surface area contributed by atoms with E-state index in [1.165, 1.54) is 4.90 Å². The van der Waals surface area contributed by atoms with Crippen molar-refractivity contribution in [3.8, 4) is 11.5 Å². The van der Waals surface area contributed by atoms with Crippen molar-refractivity contribution >= 4 is 40.5 Å². The van der Waals surface area contributed by atoms with E-state index >= 15 is 0 Å². The number of allylic oxidation sites excluding steroid dienone is 1. The summed E-state index contributed by atoms with van der Waals surface area (Å²) in [5, 5.41) is 36.1. The van der Waals surface area contributed by atoms with E-state index in [0.29, 0.717) is 29.0 Å². The van der Waals surface area contributed by atoms with Crippen LogP contribution < -0.4 is 15.0 Å². The van der Waals surface area contributed by atoms with Crippen LogP contribution in [0.2, 0.25) is 0 Å². The summed E-state index contributed by atoms with van der Waals surface area (Å²) in [6.45, 7) is -0.334. The average Bonchev–Trinajstić information content (AvgIpc) is 3.45. The molecule has 53 heavy (non-hydrogen) atoms. The fraction of sp³-hybridized carbons (Fsp3) is 0.205. The van der Waals surface area contributed by atoms with Gasteiger partial charge < -0.3 is 25.4 Å². The van der Waals surface area contributed by atoms with Gasteiger partial charge in [-0.15, -0.1) is 0 Å². The van der Waals surface area contributed by atoms with E-state index in [2.05, 4.69) is 10.3 Å². The number of aliphatic hydroxyl groups is 2. The van der Waals surface area contributed by atoms with Crippen LogP contribution in [0.1, 0.15) is 30.5 Å². The first kappa shape index (κ1) is 35.4. The van der Waals surface area contributed by atoms with Crippen molar-refractivity contribution in [2.45, 2.75) is 25.4 Å². The number of hydrogen-bond donors (Lipinski definition) is 4. The van der Waals surface area contributed by atoms with Gasteiger partial charge in [-0.1, -0.05) is 54.6 Å². The Morgan fingerprint density at radius 3 is 2.21 bits per heavy atom. The van der Waals surface area contributed by atoms with E-state index < -0.39 is 36.4 Å². The highest BCUT2D eigenvalue weighted by Gasteiger charge is 2.55. The first-order valence-electron chi connectivity index (χ1n) is 17.8. The van der Waals surface area contributed by atoms with Crippen molar-refractivity contribution < 1.29 is 29.6 Å². The Kier molecular flexibility index (Phi) is 10.8. The Morgan fingerprint density at radius 2 is 1.53 bits per heavy atom.